The fraction of sp³-hybridized carbons (Fsp3) is 0.500. The van der Waals surface area contributed by atoms with E-state index >= 15 is 0 Å². The van der Waals surface area contributed by atoms with Gasteiger partial charge in [-0.2, -0.15) is 5.10 Å². The standard InChI is InChI=1S/C10H18N4/c1-3-5-10(13-11)9-7-12-14(8-9)6-4-2/h3,7-8,10,13H,1,4-6,11H2,2H3. The molecule has 0 saturated carbocycles. The molecule has 0 bridgehead atoms. The molecule has 1 heterocycles. The Hall–Kier alpha value is -1.13. The van der Waals surface area contributed by atoms with Crippen molar-refractivity contribution in [1.82, 2.24) is 15.2 Å². The van der Waals surface area contributed by atoms with Gasteiger partial charge in [-0.15, -0.1) is 6.58 Å². The Morgan fingerprint density at radius 2 is 2.57 bits per heavy atom. The first kappa shape index (κ1) is 10.9. The molecule has 0 saturated heterocycles. The van der Waals surface area contributed by atoms with Crippen LogP contribution in [-0.4, -0.2) is 9.78 Å². The van der Waals surface area contributed by atoms with E-state index in [1.54, 1.807) is 0 Å². The number of hydrogen-bond acceptors (Lipinski definition) is 3. The fourth-order valence-corrected chi connectivity index (χ4v) is 1.38. The molecule has 0 aromatic carbocycles. The summed E-state index contributed by atoms with van der Waals surface area (Å²) in [5.41, 5.74) is 3.86. The molecule has 78 valence electrons. The lowest BCUT2D eigenvalue weighted by molar-refractivity contribution is 0.557. The predicted octanol–water partition coefficient (Wildman–Crippen LogP) is 1.37. The Morgan fingerprint density at radius 3 is 3.14 bits per heavy atom. The summed E-state index contributed by atoms with van der Waals surface area (Å²) >= 11 is 0. The van der Waals surface area contributed by atoms with E-state index in [4.69, 9.17) is 5.84 Å². The Bertz CT molecular complexity index is 279. The van der Waals surface area contributed by atoms with Gasteiger partial charge in [0.1, 0.15) is 0 Å². The third kappa shape index (κ3) is 2.68. The van der Waals surface area contributed by atoms with Gasteiger partial charge in [0.25, 0.3) is 0 Å². The summed E-state index contributed by atoms with van der Waals surface area (Å²) < 4.78 is 1.93. The second-order valence-corrected chi connectivity index (χ2v) is 3.28. The molecule has 0 fully saturated rings. The molecule has 4 heteroatoms. The van der Waals surface area contributed by atoms with Crippen molar-refractivity contribution in [3.8, 4) is 0 Å². The highest BCUT2D eigenvalue weighted by Crippen LogP contribution is 2.15. The quantitative estimate of drug-likeness (QED) is 0.408. The minimum absolute atomic E-state index is 0.123. The van der Waals surface area contributed by atoms with Crippen molar-refractivity contribution < 1.29 is 0 Å². The summed E-state index contributed by atoms with van der Waals surface area (Å²) in [6, 6.07) is 0.123. The average molecular weight is 194 g/mol. The highest BCUT2D eigenvalue weighted by atomic mass is 15.3. The largest absolute Gasteiger partial charge is 0.272 e. The summed E-state index contributed by atoms with van der Waals surface area (Å²) in [6.45, 7) is 6.77. The molecular formula is C10H18N4. The first-order valence-corrected chi connectivity index (χ1v) is 4.91. The zero-order chi connectivity index (χ0) is 10.4. The van der Waals surface area contributed by atoms with E-state index in [1.165, 1.54) is 0 Å². The highest BCUT2D eigenvalue weighted by molar-refractivity contribution is 5.11. The lowest BCUT2D eigenvalue weighted by Gasteiger charge is -2.10. The summed E-state index contributed by atoms with van der Waals surface area (Å²) in [4.78, 5) is 0. The van der Waals surface area contributed by atoms with Crippen molar-refractivity contribution >= 4 is 0 Å². The van der Waals surface area contributed by atoms with Gasteiger partial charge >= 0.3 is 0 Å². The minimum Gasteiger partial charge on any atom is -0.272 e. The molecule has 1 aromatic rings. The number of rotatable bonds is 6. The number of aryl methyl sites for hydroxylation is 1. The van der Waals surface area contributed by atoms with Gasteiger partial charge in [-0.3, -0.25) is 16.0 Å². The maximum atomic E-state index is 5.44. The Morgan fingerprint density at radius 1 is 1.79 bits per heavy atom. The molecule has 3 N–H and O–H groups in total. The molecule has 4 nitrogen and oxygen atoms in total. The van der Waals surface area contributed by atoms with Gasteiger partial charge in [0.2, 0.25) is 0 Å². The molecule has 1 rings (SSSR count). The van der Waals surface area contributed by atoms with Crippen LogP contribution in [0.25, 0.3) is 0 Å². The van der Waals surface area contributed by atoms with Crippen molar-refractivity contribution in [2.45, 2.75) is 32.4 Å². The van der Waals surface area contributed by atoms with Crippen molar-refractivity contribution in [2.75, 3.05) is 0 Å². The van der Waals surface area contributed by atoms with E-state index in [-0.39, 0.29) is 6.04 Å². The van der Waals surface area contributed by atoms with Crippen LogP contribution in [0, 0.1) is 0 Å². The number of hydrazine groups is 1. The molecule has 1 atom stereocenters. The highest BCUT2D eigenvalue weighted by Gasteiger charge is 2.09. The molecule has 14 heavy (non-hydrogen) atoms. The minimum atomic E-state index is 0.123. The van der Waals surface area contributed by atoms with Crippen LogP contribution in [0.1, 0.15) is 31.4 Å². The van der Waals surface area contributed by atoms with Crippen LogP contribution in [0.15, 0.2) is 25.0 Å². The second kappa shape index (κ2) is 5.57. The van der Waals surface area contributed by atoms with Crippen LogP contribution in [0.4, 0.5) is 0 Å². The topological polar surface area (TPSA) is 55.9 Å². The van der Waals surface area contributed by atoms with Gasteiger partial charge in [-0.1, -0.05) is 13.0 Å². The first-order chi connectivity index (χ1) is 6.81. The van der Waals surface area contributed by atoms with Gasteiger partial charge in [-0.25, -0.2) is 0 Å². The molecule has 0 aliphatic rings. The lowest BCUT2D eigenvalue weighted by atomic mass is 10.1. The van der Waals surface area contributed by atoms with Gasteiger partial charge in [0.15, 0.2) is 0 Å². The first-order valence-electron chi connectivity index (χ1n) is 4.91. The Balaban J connectivity index is 2.67. The van der Waals surface area contributed by atoms with Crippen LogP contribution in [0.5, 0.6) is 0 Å². The molecule has 1 aromatic heterocycles. The monoisotopic (exact) mass is 194 g/mol. The summed E-state index contributed by atoms with van der Waals surface area (Å²) in [7, 11) is 0. The van der Waals surface area contributed by atoms with E-state index < -0.39 is 0 Å². The smallest absolute Gasteiger partial charge is 0.0538 e. The zero-order valence-corrected chi connectivity index (χ0v) is 8.61. The molecule has 0 spiro atoms. The van der Waals surface area contributed by atoms with Crippen molar-refractivity contribution in [3.05, 3.63) is 30.6 Å². The van der Waals surface area contributed by atoms with E-state index in [0.717, 1.165) is 24.9 Å². The van der Waals surface area contributed by atoms with E-state index in [1.807, 2.05) is 23.2 Å². The van der Waals surface area contributed by atoms with Gasteiger partial charge in [0.05, 0.1) is 12.2 Å². The third-order valence-electron chi connectivity index (χ3n) is 2.11. The predicted molar refractivity (Wildman–Crippen MR) is 57.4 cm³/mol. The number of hydrogen-bond donors (Lipinski definition) is 2. The Labute approximate surface area is 84.8 Å². The number of nitrogens with two attached hydrogens (primary N) is 1. The van der Waals surface area contributed by atoms with Crippen LogP contribution in [0.3, 0.4) is 0 Å². The molecule has 0 amide bonds. The molecule has 0 radical (unpaired) electrons. The van der Waals surface area contributed by atoms with Crippen molar-refractivity contribution in [3.63, 3.8) is 0 Å². The summed E-state index contributed by atoms with van der Waals surface area (Å²) in [6.07, 6.45) is 7.63. The van der Waals surface area contributed by atoms with Crippen molar-refractivity contribution in [1.29, 1.82) is 0 Å². The molecule has 0 aliphatic heterocycles. The van der Waals surface area contributed by atoms with Crippen molar-refractivity contribution in [2.24, 2.45) is 5.84 Å². The number of nitrogens with one attached hydrogen (secondary N) is 1. The average Bonchev–Trinajstić information content (AvgIpc) is 2.63. The van der Waals surface area contributed by atoms with E-state index in [2.05, 4.69) is 24.0 Å². The second-order valence-electron chi connectivity index (χ2n) is 3.28. The number of nitrogens with zero attached hydrogens (tertiary/aromatic N) is 2. The van der Waals surface area contributed by atoms with E-state index in [9.17, 15) is 0 Å². The zero-order valence-electron chi connectivity index (χ0n) is 8.61. The summed E-state index contributed by atoms with van der Waals surface area (Å²) in [5.74, 6) is 5.44. The Kier molecular flexibility index (Phi) is 4.35. The van der Waals surface area contributed by atoms with E-state index in [0.29, 0.717) is 0 Å². The third-order valence-corrected chi connectivity index (χ3v) is 2.11. The fourth-order valence-electron chi connectivity index (χ4n) is 1.38. The van der Waals surface area contributed by atoms with Crippen LogP contribution in [0.2, 0.25) is 0 Å². The SMILES string of the molecule is C=CCC(NN)c1cnn(CCC)c1. The maximum absolute atomic E-state index is 5.44. The normalized spacial score (nSPS) is 12.7. The lowest BCUT2D eigenvalue weighted by Crippen LogP contribution is -2.27. The van der Waals surface area contributed by atoms with Gasteiger partial charge in [0, 0.05) is 18.3 Å². The van der Waals surface area contributed by atoms with Gasteiger partial charge in [-0.05, 0) is 12.8 Å². The van der Waals surface area contributed by atoms with Crippen LogP contribution >= 0.6 is 0 Å². The number of aromatic nitrogens is 2. The molecule has 1 unspecified atom stereocenters. The van der Waals surface area contributed by atoms with Crippen LogP contribution in [-0.2, 0) is 6.54 Å². The summed E-state index contributed by atoms with van der Waals surface area (Å²) in [5, 5.41) is 4.24. The van der Waals surface area contributed by atoms with Gasteiger partial charge < -0.3 is 0 Å². The van der Waals surface area contributed by atoms with Crippen LogP contribution < -0.4 is 11.3 Å². The maximum Gasteiger partial charge on any atom is 0.0538 e. The molecule has 0 aliphatic carbocycles. The molecular weight excluding hydrogens is 176 g/mol.